The number of hydrogen-bond acceptors (Lipinski definition) is 4. The van der Waals surface area contributed by atoms with E-state index in [2.05, 4.69) is 10.6 Å². The molecule has 0 spiro atoms. The van der Waals surface area contributed by atoms with Gasteiger partial charge in [0.1, 0.15) is 0 Å². The number of piperazine rings is 1. The van der Waals surface area contributed by atoms with Gasteiger partial charge in [-0.25, -0.2) is 0 Å². The average molecular weight is 415 g/mol. The monoisotopic (exact) mass is 414 g/mol. The maximum atomic E-state index is 12.3. The Balaban J connectivity index is 1.76. The number of carbonyl (C=O) groups is 3. The molecule has 1 aromatic carbocycles. The molecule has 7 nitrogen and oxygen atoms in total. The van der Waals surface area contributed by atoms with E-state index in [0.717, 1.165) is 0 Å². The topological polar surface area (TPSA) is 81.8 Å². The summed E-state index contributed by atoms with van der Waals surface area (Å²) in [5.41, 5.74) is 0.273. The van der Waals surface area contributed by atoms with Gasteiger partial charge in [0, 0.05) is 37.2 Å². The fourth-order valence-electron chi connectivity index (χ4n) is 2.76. The molecule has 2 rings (SSSR count). The van der Waals surface area contributed by atoms with Crippen LogP contribution in [0.4, 0.5) is 0 Å². The first-order valence-electron chi connectivity index (χ1n) is 8.79. The predicted octanol–water partition coefficient (Wildman–Crippen LogP) is 1.39. The lowest BCUT2D eigenvalue weighted by Crippen LogP contribution is -2.53. The van der Waals surface area contributed by atoms with Crippen LogP contribution in [0.2, 0.25) is 10.0 Å². The van der Waals surface area contributed by atoms with Gasteiger partial charge in [-0.05, 0) is 32.0 Å². The van der Waals surface area contributed by atoms with Crippen molar-refractivity contribution in [3.63, 3.8) is 0 Å². The first-order chi connectivity index (χ1) is 12.8. The number of nitrogens with one attached hydrogen (secondary N) is 2. The van der Waals surface area contributed by atoms with Crippen molar-refractivity contribution in [3.8, 4) is 0 Å². The lowest BCUT2D eigenvalue weighted by atomic mass is 10.2. The molecule has 2 N–H and O–H groups in total. The van der Waals surface area contributed by atoms with Gasteiger partial charge in [-0.2, -0.15) is 0 Å². The van der Waals surface area contributed by atoms with Crippen molar-refractivity contribution in [2.45, 2.75) is 19.9 Å². The van der Waals surface area contributed by atoms with Gasteiger partial charge in [0.15, 0.2) is 0 Å². The quantitative estimate of drug-likeness (QED) is 0.736. The molecule has 1 saturated heterocycles. The van der Waals surface area contributed by atoms with Gasteiger partial charge in [0.2, 0.25) is 11.8 Å². The summed E-state index contributed by atoms with van der Waals surface area (Å²) in [7, 11) is 0. The van der Waals surface area contributed by atoms with Gasteiger partial charge in [0.25, 0.3) is 5.91 Å². The maximum Gasteiger partial charge on any atom is 0.253 e. The van der Waals surface area contributed by atoms with E-state index in [1.54, 1.807) is 11.0 Å². The third-order valence-corrected chi connectivity index (χ3v) is 4.67. The summed E-state index contributed by atoms with van der Waals surface area (Å²) < 4.78 is 0. The molecule has 0 aliphatic carbocycles. The molecular formula is C18H24Cl2N4O3. The van der Waals surface area contributed by atoms with Gasteiger partial charge in [-0.1, -0.05) is 23.2 Å². The van der Waals surface area contributed by atoms with Crippen molar-refractivity contribution in [1.82, 2.24) is 20.4 Å². The van der Waals surface area contributed by atoms with Crippen LogP contribution in [0.1, 0.15) is 24.2 Å². The molecule has 1 aliphatic rings. The van der Waals surface area contributed by atoms with Crippen molar-refractivity contribution < 1.29 is 14.4 Å². The summed E-state index contributed by atoms with van der Waals surface area (Å²) >= 11 is 11.8. The molecule has 1 fully saturated rings. The Labute approximate surface area is 169 Å². The van der Waals surface area contributed by atoms with Crippen LogP contribution in [0.15, 0.2) is 18.2 Å². The second kappa shape index (κ2) is 9.92. The normalized spacial score (nSPS) is 14.9. The van der Waals surface area contributed by atoms with Crippen LogP contribution in [-0.2, 0) is 9.59 Å². The predicted molar refractivity (Wildman–Crippen MR) is 105 cm³/mol. The molecule has 1 aliphatic heterocycles. The van der Waals surface area contributed by atoms with E-state index < -0.39 is 5.91 Å². The van der Waals surface area contributed by atoms with Crippen LogP contribution in [0, 0.1) is 0 Å². The highest BCUT2D eigenvalue weighted by Crippen LogP contribution is 2.20. The molecule has 0 bridgehead atoms. The Bertz CT molecular complexity index is 704. The molecule has 0 atom stereocenters. The number of carbonyl (C=O) groups excluding carboxylic acids is 3. The van der Waals surface area contributed by atoms with Crippen molar-refractivity contribution in [2.24, 2.45) is 0 Å². The Morgan fingerprint density at radius 2 is 1.78 bits per heavy atom. The molecule has 1 heterocycles. The standard InChI is InChI=1S/C18H24Cl2N4O3/c1-12(2)22-16(25)11-23-5-7-24(8-6-23)17(26)10-21-18(27)14-4-3-13(19)9-15(14)20/h3-4,9,12H,5-8,10-11H2,1-2H3,(H,21,27)(H,22,25). The average Bonchev–Trinajstić information content (AvgIpc) is 2.59. The highest BCUT2D eigenvalue weighted by molar-refractivity contribution is 6.36. The highest BCUT2D eigenvalue weighted by Gasteiger charge is 2.23. The summed E-state index contributed by atoms with van der Waals surface area (Å²) in [5.74, 6) is -0.606. The SMILES string of the molecule is CC(C)NC(=O)CN1CCN(C(=O)CNC(=O)c2ccc(Cl)cc2Cl)CC1. The van der Waals surface area contributed by atoms with E-state index >= 15 is 0 Å². The summed E-state index contributed by atoms with van der Waals surface area (Å²) in [6, 6.07) is 4.68. The molecule has 0 aromatic heterocycles. The van der Waals surface area contributed by atoms with Gasteiger partial charge in [-0.3, -0.25) is 19.3 Å². The largest absolute Gasteiger partial charge is 0.353 e. The van der Waals surface area contributed by atoms with E-state index in [-0.39, 0.29) is 35.0 Å². The van der Waals surface area contributed by atoms with Gasteiger partial charge >= 0.3 is 0 Å². The Kier molecular flexibility index (Phi) is 7.89. The molecule has 0 saturated carbocycles. The van der Waals surface area contributed by atoms with Crippen LogP contribution in [0.3, 0.4) is 0 Å². The van der Waals surface area contributed by atoms with E-state index in [0.29, 0.717) is 37.7 Å². The van der Waals surface area contributed by atoms with Crippen molar-refractivity contribution in [1.29, 1.82) is 0 Å². The number of benzene rings is 1. The van der Waals surface area contributed by atoms with E-state index in [1.165, 1.54) is 12.1 Å². The van der Waals surface area contributed by atoms with Gasteiger partial charge in [-0.15, -0.1) is 0 Å². The number of rotatable bonds is 6. The molecule has 27 heavy (non-hydrogen) atoms. The minimum absolute atomic E-state index is 0.0168. The smallest absolute Gasteiger partial charge is 0.253 e. The van der Waals surface area contributed by atoms with E-state index in [1.807, 2.05) is 18.7 Å². The zero-order valence-corrected chi connectivity index (χ0v) is 16.9. The summed E-state index contributed by atoms with van der Waals surface area (Å²) in [6.45, 7) is 6.33. The molecule has 148 valence electrons. The number of amides is 3. The van der Waals surface area contributed by atoms with Crippen LogP contribution < -0.4 is 10.6 Å². The molecule has 9 heteroatoms. The van der Waals surface area contributed by atoms with Crippen LogP contribution >= 0.6 is 23.2 Å². The fourth-order valence-corrected chi connectivity index (χ4v) is 3.26. The lowest BCUT2D eigenvalue weighted by Gasteiger charge is -2.34. The number of nitrogens with zero attached hydrogens (tertiary/aromatic N) is 2. The minimum Gasteiger partial charge on any atom is -0.353 e. The Morgan fingerprint density at radius 3 is 2.37 bits per heavy atom. The molecular weight excluding hydrogens is 391 g/mol. The number of halogens is 2. The first-order valence-corrected chi connectivity index (χ1v) is 9.54. The van der Waals surface area contributed by atoms with Crippen molar-refractivity contribution >= 4 is 40.9 Å². The van der Waals surface area contributed by atoms with Crippen LogP contribution in [-0.4, -0.2) is 72.8 Å². The van der Waals surface area contributed by atoms with E-state index in [4.69, 9.17) is 23.2 Å². The second-order valence-electron chi connectivity index (χ2n) is 6.69. The number of hydrogen-bond donors (Lipinski definition) is 2. The molecule has 3 amide bonds. The maximum absolute atomic E-state index is 12.3. The zero-order valence-electron chi connectivity index (χ0n) is 15.4. The minimum atomic E-state index is -0.422. The van der Waals surface area contributed by atoms with Crippen LogP contribution in [0.25, 0.3) is 0 Å². The van der Waals surface area contributed by atoms with Crippen LogP contribution in [0.5, 0.6) is 0 Å². The first kappa shape index (κ1) is 21.5. The van der Waals surface area contributed by atoms with Crippen molar-refractivity contribution in [2.75, 3.05) is 39.3 Å². The lowest BCUT2D eigenvalue weighted by molar-refractivity contribution is -0.132. The van der Waals surface area contributed by atoms with Gasteiger partial charge < -0.3 is 15.5 Å². The summed E-state index contributed by atoms with van der Waals surface area (Å²) in [5, 5.41) is 6.11. The molecule has 1 aromatic rings. The van der Waals surface area contributed by atoms with Gasteiger partial charge in [0.05, 0.1) is 23.7 Å². The summed E-state index contributed by atoms with van der Waals surface area (Å²) in [4.78, 5) is 40.0. The molecule has 0 radical (unpaired) electrons. The fraction of sp³-hybridized carbons (Fsp3) is 0.500. The second-order valence-corrected chi connectivity index (χ2v) is 7.53. The van der Waals surface area contributed by atoms with E-state index in [9.17, 15) is 14.4 Å². The highest BCUT2D eigenvalue weighted by atomic mass is 35.5. The van der Waals surface area contributed by atoms with Crippen molar-refractivity contribution in [3.05, 3.63) is 33.8 Å². The Hall–Kier alpha value is -1.83. The summed E-state index contributed by atoms with van der Waals surface area (Å²) in [6.07, 6.45) is 0. The molecule has 0 unspecified atom stereocenters. The third kappa shape index (κ3) is 6.68. The third-order valence-electron chi connectivity index (χ3n) is 4.12. The zero-order chi connectivity index (χ0) is 20.0. The Morgan fingerprint density at radius 1 is 1.11 bits per heavy atom.